The zero-order valence-electron chi connectivity index (χ0n) is 7.20. The fraction of sp³-hybridized carbons (Fsp3) is 0.750. The molecule has 1 aliphatic carbocycles. The first-order valence-electron chi connectivity index (χ1n) is 4.13. The molecule has 0 spiro atoms. The molecule has 1 fully saturated rings. The van der Waals surface area contributed by atoms with Gasteiger partial charge in [0, 0.05) is 5.03 Å². The van der Waals surface area contributed by atoms with Gasteiger partial charge in [0.1, 0.15) is 0 Å². The molecule has 82 valence electrons. The second kappa shape index (κ2) is 4.54. The average Bonchev–Trinajstić information content (AvgIpc) is 2.48. The van der Waals surface area contributed by atoms with Crippen LogP contribution in [-0.2, 0) is 0 Å². The van der Waals surface area contributed by atoms with Crippen molar-refractivity contribution in [2.24, 2.45) is 0 Å². The molecule has 0 heterocycles. The third-order valence-corrected chi connectivity index (χ3v) is 4.02. The third-order valence-electron chi connectivity index (χ3n) is 2.12. The molecule has 0 aromatic rings. The van der Waals surface area contributed by atoms with Crippen molar-refractivity contribution >= 4 is 35.0 Å². The van der Waals surface area contributed by atoms with Crippen LogP contribution in [0.15, 0.2) is 10.4 Å². The highest BCUT2D eigenvalue weighted by Gasteiger charge is 2.36. The third kappa shape index (κ3) is 3.55. The minimum atomic E-state index is -4.29. The Kier molecular flexibility index (Phi) is 4.06. The molecule has 0 unspecified atom stereocenters. The van der Waals surface area contributed by atoms with Crippen LogP contribution in [0.25, 0.3) is 0 Å². The minimum absolute atomic E-state index is 0.110. The molecular formula is C8H9Cl2F3S. The molecule has 1 saturated carbocycles. The minimum Gasteiger partial charge on any atom is -0.160 e. The van der Waals surface area contributed by atoms with Crippen molar-refractivity contribution in [3.8, 4) is 0 Å². The predicted octanol–water partition coefficient (Wildman–Crippen LogP) is 4.87. The summed E-state index contributed by atoms with van der Waals surface area (Å²) in [6.07, 6.45) is 3.15. The predicted molar refractivity (Wildman–Crippen MR) is 54.6 cm³/mol. The Morgan fingerprint density at radius 1 is 1.29 bits per heavy atom. The molecule has 0 aliphatic heterocycles. The summed E-state index contributed by atoms with van der Waals surface area (Å²) in [5.74, 6) is 0. The van der Waals surface area contributed by atoms with Crippen molar-refractivity contribution in [1.29, 1.82) is 0 Å². The van der Waals surface area contributed by atoms with Gasteiger partial charge in [0.2, 0.25) is 0 Å². The lowest BCUT2D eigenvalue weighted by atomic mass is 10.1. The van der Waals surface area contributed by atoms with E-state index < -0.39 is 10.4 Å². The SMILES string of the molecule is FC(F)(F)S/C=C(\Cl)C1(Cl)CCCC1. The van der Waals surface area contributed by atoms with Gasteiger partial charge in [-0.15, -0.1) is 11.6 Å². The lowest BCUT2D eigenvalue weighted by Crippen LogP contribution is -2.16. The second-order valence-corrected chi connectivity index (χ2v) is 5.27. The van der Waals surface area contributed by atoms with Crippen LogP contribution in [0.5, 0.6) is 0 Å². The van der Waals surface area contributed by atoms with E-state index in [0.717, 1.165) is 18.2 Å². The molecule has 0 N–H and O–H groups in total. The van der Waals surface area contributed by atoms with Gasteiger partial charge in [-0.05, 0) is 30.0 Å². The summed E-state index contributed by atoms with van der Waals surface area (Å²) in [5.41, 5.74) is -4.29. The molecule has 0 saturated heterocycles. The highest BCUT2D eigenvalue weighted by atomic mass is 35.5. The van der Waals surface area contributed by atoms with Crippen molar-refractivity contribution in [3.05, 3.63) is 10.4 Å². The van der Waals surface area contributed by atoms with Crippen LogP contribution >= 0.6 is 35.0 Å². The molecule has 6 heteroatoms. The van der Waals surface area contributed by atoms with E-state index in [4.69, 9.17) is 23.2 Å². The molecule has 14 heavy (non-hydrogen) atoms. The topological polar surface area (TPSA) is 0 Å². The van der Waals surface area contributed by atoms with Crippen LogP contribution in [0.3, 0.4) is 0 Å². The highest BCUT2D eigenvalue weighted by molar-refractivity contribution is 8.03. The molecule has 0 nitrogen and oxygen atoms in total. The number of rotatable bonds is 2. The van der Waals surface area contributed by atoms with E-state index in [1.54, 1.807) is 0 Å². The van der Waals surface area contributed by atoms with Gasteiger partial charge in [0.25, 0.3) is 0 Å². The maximum Gasteiger partial charge on any atom is 0.445 e. The zero-order valence-corrected chi connectivity index (χ0v) is 9.53. The molecule has 0 aromatic carbocycles. The highest BCUT2D eigenvalue weighted by Crippen LogP contribution is 2.45. The first-order chi connectivity index (χ1) is 6.33. The molecular weight excluding hydrogens is 256 g/mol. The van der Waals surface area contributed by atoms with Crippen molar-refractivity contribution in [1.82, 2.24) is 0 Å². The summed E-state index contributed by atoms with van der Waals surface area (Å²) in [7, 11) is 0. The molecule has 0 aromatic heterocycles. The summed E-state index contributed by atoms with van der Waals surface area (Å²) >= 11 is 11.6. The van der Waals surface area contributed by atoms with E-state index in [0.29, 0.717) is 12.8 Å². The van der Waals surface area contributed by atoms with Crippen LogP contribution in [0, 0.1) is 0 Å². The van der Waals surface area contributed by atoms with Gasteiger partial charge >= 0.3 is 5.51 Å². The van der Waals surface area contributed by atoms with Crippen molar-refractivity contribution in [2.45, 2.75) is 36.1 Å². The fourth-order valence-electron chi connectivity index (χ4n) is 1.40. The monoisotopic (exact) mass is 264 g/mol. The van der Waals surface area contributed by atoms with Gasteiger partial charge in [-0.3, -0.25) is 0 Å². The standard InChI is InChI=1S/C8H9Cl2F3S/c9-6(5-14-8(11,12)13)7(10)3-1-2-4-7/h5H,1-4H2/b6-5-. The van der Waals surface area contributed by atoms with E-state index >= 15 is 0 Å². The Balaban J connectivity index is 2.59. The Labute approximate surface area is 94.8 Å². The van der Waals surface area contributed by atoms with Crippen molar-refractivity contribution in [2.75, 3.05) is 0 Å². The molecule has 0 amide bonds. The first-order valence-corrected chi connectivity index (χ1v) is 5.77. The Morgan fingerprint density at radius 3 is 2.21 bits per heavy atom. The van der Waals surface area contributed by atoms with E-state index in [1.807, 2.05) is 0 Å². The van der Waals surface area contributed by atoms with Crippen LogP contribution in [0.4, 0.5) is 13.2 Å². The number of hydrogen-bond acceptors (Lipinski definition) is 1. The van der Waals surface area contributed by atoms with Crippen molar-refractivity contribution in [3.63, 3.8) is 0 Å². The number of hydrogen-bond donors (Lipinski definition) is 0. The number of thioether (sulfide) groups is 1. The van der Waals surface area contributed by atoms with Gasteiger partial charge < -0.3 is 0 Å². The van der Waals surface area contributed by atoms with Gasteiger partial charge in [-0.1, -0.05) is 24.4 Å². The second-order valence-electron chi connectivity index (χ2n) is 3.20. The number of alkyl halides is 4. The van der Waals surface area contributed by atoms with Crippen LogP contribution in [-0.4, -0.2) is 10.4 Å². The quantitative estimate of drug-likeness (QED) is 0.642. The number of halogens is 5. The summed E-state index contributed by atoms with van der Waals surface area (Å²) in [6.45, 7) is 0. The van der Waals surface area contributed by atoms with E-state index in [-0.39, 0.29) is 16.8 Å². The maximum absolute atomic E-state index is 11.8. The Bertz CT molecular complexity index is 231. The summed E-state index contributed by atoms with van der Waals surface area (Å²) < 4.78 is 35.5. The van der Waals surface area contributed by atoms with Gasteiger partial charge in [0.15, 0.2) is 0 Å². The summed E-state index contributed by atoms with van der Waals surface area (Å²) in [4.78, 5) is -0.750. The Hall–Kier alpha value is 0.460. The molecule has 1 aliphatic rings. The Morgan fingerprint density at radius 2 is 1.79 bits per heavy atom. The van der Waals surface area contributed by atoms with Crippen molar-refractivity contribution < 1.29 is 13.2 Å². The van der Waals surface area contributed by atoms with Crippen LogP contribution in [0.1, 0.15) is 25.7 Å². The fourth-order valence-corrected chi connectivity index (χ4v) is 2.57. The average molecular weight is 265 g/mol. The first kappa shape index (κ1) is 12.5. The van der Waals surface area contributed by atoms with Gasteiger partial charge in [-0.2, -0.15) is 13.2 Å². The molecule has 0 bridgehead atoms. The van der Waals surface area contributed by atoms with Gasteiger partial charge in [0.05, 0.1) is 4.87 Å². The maximum atomic E-state index is 11.8. The lowest BCUT2D eigenvalue weighted by molar-refractivity contribution is -0.0320. The lowest BCUT2D eigenvalue weighted by Gasteiger charge is -2.19. The smallest absolute Gasteiger partial charge is 0.160 e. The van der Waals surface area contributed by atoms with E-state index in [2.05, 4.69) is 0 Å². The van der Waals surface area contributed by atoms with E-state index in [9.17, 15) is 13.2 Å². The molecule has 0 radical (unpaired) electrons. The zero-order chi connectivity index (χ0) is 10.8. The summed E-state index contributed by atoms with van der Waals surface area (Å²) in [6, 6.07) is 0. The van der Waals surface area contributed by atoms with E-state index in [1.165, 1.54) is 0 Å². The molecule has 0 atom stereocenters. The molecule has 1 rings (SSSR count). The largest absolute Gasteiger partial charge is 0.445 e. The van der Waals surface area contributed by atoms with Crippen LogP contribution in [0.2, 0.25) is 0 Å². The number of allylic oxidation sites excluding steroid dienone is 1. The summed E-state index contributed by atoms with van der Waals surface area (Å²) in [5, 5.41) is 1.01. The normalized spacial score (nSPS) is 22.8. The van der Waals surface area contributed by atoms with Gasteiger partial charge in [-0.25, -0.2) is 0 Å². The van der Waals surface area contributed by atoms with Crippen LogP contribution < -0.4 is 0 Å².